The Hall–Kier alpha value is -2.04. The zero-order chi connectivity index (χ0) is 19.5. The van der Waals surface area contributed by atoms with Crippen LogP contribution in [0.5, 0.6) is 0 Å². The van der Waals surface area contributed by atoms with Crippen molar-refractivity contribution in [3.05, 3.63) is 91.0 Å². The van der Waals surface area contributed by atoms with Crippen LogP contribution >= 0.6 is 7.49 Å². The van der Waals surface area contributed by atoms with Crippen LogP contribution in [0, 0.1) is 0 Å². The fourth-order valence-corrected chi connectivity index (χ4v) is 8.36. The highest BCUT2D eigenvalue weighted by molar-refractivity contribution is 7.99. The van der Waals surface area contributed by atoms with Crippen molar-refractivity contribution < 1.29 is 16.3 Å². The van der Waals surface area contributed by atoms with E-state index in [9.17, 15) is 8.42 Å². The molecule has 4 nitrogen and oxygen atoms in total. The minimum absolute atomic E-state index is 0.318. The van der Waals surface area contributed by atoms with Crippen molar-refractivity contribution in [3.63, 3.8) is 0 Å². The van der Waals surface area contributed by atoms with Gasteiger partial charge in [-0.05, 0) is 36.4 Å². The molecule has 0 aliphatic heterocycles. The number of nitrogens with zero attached hydrogens (tertiary/aromatic N) is 1. The zero-order valence-electron chi connectivity index (χ0n) is 15.7. The summed E-state index contributed by atoms with van der Waals surface area (Å²) in [6.07, 6.45) is 0. The lowest BCUT2D eigenvalue weighted by molar-refractivity contribution is -0.743. The molecule has 0 spiro atoms. The van der Waals surface area contributed by atoms with E-state index in [0.717, 1.165) is 15.9 Å². The fourth-order valence-electron chi connectivity index (χ4n) is 2.73. The van der Waals surface area contributed by atoms with Crippen molar-refractivity contribution in [2.75, 3.05) is 21.1 Å². The summed E-state index contributed by atoms with van der Waals surface area (Å²) in [7, 11) is -1.98. The molecule has 0 aromatic heterocycles. The summed E-state index contributed by atoms with van der Waals surface area (Å²) in [6.45, 7) is 0. The highest BCUT2D eigenvalue weighted by Gasteiger charge is 2.55. The number of hydrogen-bond donors (Lipinski definition) is 0. The molecule has 0 radical (unpaired) electrons. The molecule has 0 fully saturated rings. The molecule has 0 amide bonds. The molecular formula is C21H24NO3PS+2. The number of benzene rings is 3. The lowest BCUT2D eigenvalue weighted by atomic mass is 10.4. The van der Waals surface area contributed by atoms with E-state index in [1.54, 1.807) is 21.1 Å². The van der Waals surface area contributed by atoms with Crippen LogP contribution in [-0.2, 0) is 14.3 Å². The summed E-state index contributed by atoms with van der Waals surface area (Å²) in [5.74, 6) is 0. The molecule has 0 atom stereocenters. The first-order valence-corrected chi connectivity index (χ1v) is 11.7. The summed E-state index contributed by atoms with van der Waals surface area (Å²) < 4.78 is 32.2. The molecule has 3 aromatic rings. The molecule has 140 valence electrons. The molecule has 0 saturated carbocycles. The van der Waals surface area contributed by atoms with Gasteiger partial charge in [-0.15, -0.1) is 8.42 Å². The molecular weight excluding hydrogens is 377 g/mol. The van der Waals surface area contributed by atoms with E-state index in [2.05, 4.69) is 0 Å². The van der Waals surface area contributed by atoms with Crippen molar-refractivity contribution in [1.82, 2.24) is 0 Å². The van der Waals surface area contributed by atoms with Gasteiger partial charge < -0.3 is 0 Å². The van der Waals surface area contributed by atoms with E-state index in [-0.39, 0.29) is 3.89 Å². The van der Waals surface area contributed by atoms with Gasteiger partial charge in [0.15, 0.2) is 0 Å². The van der Waals surface area contributed by atoms with Gasteiger partial charge in [0.05, 0.1) is 21.1 Å². The average molecular weight is 401 g/mol. The van der Waals surface area contributed by atoms with Crippen molar-refractivity contribution >= 4 is 33.7 Å². The number of hydrogen-bond acceptors (Lipinski definition) is 3. The van der Waals surface area contributed by atoms with Crippen LogP contribution in [-0.4, -0.2) is 33.4 Å². The van der Waals surface area contributed by atoms with Gasteiger partial charge in [0.2, 0.25) is 0 Å². The third-order valence-corrected chi connectivity index (χ3v) is 10.3. The van der Waals surface area contributed by atoms with Gasteiger partial charge in [-0.1, -0.05) is 58.6 Å². The summed E-state index contributed by atoms with van der Waals surface area (Å²) in [6, 6.07) is 28.9. The van der Waals surface area contributed by atoms with Gasteiger partial charge in [-0.25, -0.2) is 0 Å². The van der Waals surface area contributed by atoms with E-state index in [1.165, 1.54) is 0 Å². The average Bonchev–Trinajstić information content (AvgIpc) is 2.67. The molecule has 3 aromatic carbocycles. The van der Waals surface area contributed by atoms with Crippen molar-refractivity contribution in [1.29, 1.82) is 0 Å². The Morgan fingerprint density at radius 1 is 0.630 bits per heavy atom. The Morgan fingerprint density at radius 2 is 0.926 bits per heavy atom. The van der Waals surface area contributed by atoms with E-state index in [4.69, 9.17) is 3.97 Å². The van der Waals surface area contributed by atoms with Crippen LogP contribution in [0.15, 0.2) is 91.0 Å². The van der Waals surface area contributed by atoms with E-state index < -0.39 is 17.8 Å². The van der Waals surface area contributed by atoms with Crippen molar-refractivity contribution in [3.8, 4) is 0 Å². The predicted octanol–water partition coefficient (Wildman–Crippen LogP) is 2.86. The zero-order valence-corrected chi connectivity index (χ0v) is 17.4. The quantitative estimate of drug-likeness (QED) is 0.471. The third kappa shape index (κ3) is 3.83. The molecule has 6 heteroatoms. The normalized spacial score (nSPS) is 12.7. The highest BCUT2D eigenvalue weighted by Crippen LogP contribution is 2.58. The number of quaternary nitrogens is 1. The molecule has 3 rings (SSSR count). The Morgan fingerprint density at radius 3 is 1.19 bits per heavy atom. The number of rotatable bonds is 6. The first-order chi connectivity index (χ1) is 12.8. The SMILES string of the molecule is C[N+](C)(C)S(=O)(=O)O[P+](c1ccccc1)(c1ccccc1)c1ccccc1. The maximum atomic E-state index is 13.2. The van der Waals surface area contributed by atoms with E-state index in [1.807, 2.05) is 91.0 Å². The molecule has 0 bridgehead atoms. The molecule has 0 saturated heterocycles. The van der Waals surface area contributed by atoms with Crippen LogP contribution in [0.1, 0.15) is 0 Å². The van der Waals surface area contributed by atoms with Crippen LogP contribution in [0.2, 0.25) is 0 Å². The first-order valence-electron chi connectivity index (χ1n) is 8.61. The van der Waals surface area contributed by atoms with E-state index >= 15 is 0 Å². The predicted molar refractivity (Wildman–Crippen MR) is 113 cm³/mol. The second-order valence-corrected chi connectivity index (χ2v) is 12.3. The monoisotopic (exact) mass is 401 g/mol. The molecule has 0 aliphatic carbocycles. The van der Waals surface area contributed by atoms with Crippen LogP contribution in [0.25, 0.3) is 0 Å². The summed E-state index contributed by atoms with van der Waals surface area (Å²) >= 11 is 0. The van der Waals surface area contributed by atoms with E-state index in [0.29, 0.717) is 0 Å². The standard InChI is InChI=1S/C21H24NO3PS/c1-22(2,3)27(23,24)25-26(19-13-7-4-8-14-19,20-15-9-5-10-16-20)21-17-11-6-12-18-21/h4-18H,1-3H3/q+2. The fraction of sp³-hybridized carbons (Fsp3) is 0.143. The Labute approximate surface area is 162 Å². The van der Waals surface area contributed by atoms with Crippen LogP contribution in [0.4, 0.5) is 0 Å². The Balaban J connectivity index is 2.37. The minimum atomic E-state index is -3.91. The van der Waals surface area contributed by atoms with Crippen LogP contribution in [0.3, 0.4) is 0 Å². The van der Waals surface area contributed by atoms with Crippen molar-refractivity contribution in [2.45, 2.75) is 0 Å². The van der Waals surface area contributed by atoms with Gasteiger partial charge in [0.25, 0.3) is 7.49 Å². The Bertz CT molecular complexity index is 889. The summed E-state index contributed by atoms with van der Waals surface area (Å²) in [5.41, 5.74) is 0. The summed E-state index contributed by atoms with van der Waals surface area (Å²) in [4.78, 5) is 0. The Kier molecular flexibility index (Phi) is 5.50. The van der Waals surface area contributed by atoms with Crippen molar-refractivity contribution in [2.24, 2.45) is 0 Å². The molecule has 0 heterocycles. The minimum Gasteiger partial charge on any atom is -0.199 e. The van der Waals surface area contributed by atoms with Crippen LogP contribution < -0.4 is 15.9 Å². The largest absolute Gasteiger partial charge is 0.468 e. The third-order valence-electron chi connectivity index (χ3n) is 4.24. The molecule has 27 heavy (non-hydrogen) atoms. The highest BCUT2D eigenvalue weighted by atomic mass is 32.2. The topological polar surface area (TPSA) is 43.4 Å². The smallest absolute Gasteiger partial charge is 0.199 e. The van der Waals surface area contributed by atoms with Gasteiger partial charge in [-0.2, -0.15) is 3.89 Å². The lowest BCUT2D eigenvalue weighted by Crippen LogP contribution is -2.45. The van der Waals surface area contributed by atoms with Gasteiger partial charge in [-0.3, -0.25) is 0 Å². The maximum absolute atomic E-state index is 13.2. The van der Waals surface area contributed by atoms with Gasteiger partial charge >= 0.3 is 10.3 Å². The second-order valence-electron chi connectivity index (χ2n) is 7.01. The first kappa shape index (κ1) is 19.7. The van der Waals surface area contributed by atoms with Gasteiger partial charge in [0.1, 0.15) is 15.9 Å². The molecule has 0 unspecified atom stereocenters. The lowest BCUT2D eigenvalue weighted by Gasteiger charge is -2.28. The molecule has 0 N–H and O–H groups in total. The summed E-state index contributed by atoms with van der Waals surface area (Å²) in [5, 5.41) is 2.58. The second kappa shape index (κ2) is 7.53. The molecule has 0 aliphatic rings. The maximum Gasteiger partial charge on any atom is 0.468 e. The van der Waals surface area contributed by atoms with Gasteiger partial charge in [0, 0.05) is 0 Å².